The van der Waals surface area contributed by atoms with Crippen molar-refractivity contribution in [2.24, 2.45) is 0 Å². The van der Waals surface area contributed by atoms with Gasteiger partial charge in [0.2, 0.25) is 0 Å². The van der Waals surface area contributed by atoms with E-state index in [9.17, 15) is 14.4 Å². The van der Waals surface area contributed by atoms with E-state index >= 15 is 0 Å². The molecule has 1 aromatic carbocycles. The molecule has 1 aromatic heterocycles. The minimum absolute atomic E-state index is 0.205. The van der Waals surface area contributed by atoms with Gasteiger partial charge in [-0.15, -0.1) is 0 Å². The largest absolute Gasteiger partial charge is 0.469 e. The molecule has 0 saturated heterocycles. The van der Waals surface area contributed by atoms with Gasteiger partial charge in [-0.3, -0.25) is 14.4 Å². The Hall–Kier alpha value is -2.63. The van der Waals surface area contributed by atoms with Gasteiger partial charge < -0.3 is 15.0 Å². The third kappa shape index (κ3) is 3.68. The zero-order valence-electron chi connectivity index (χ0n) is 11.6. The predicted octanol–water partition coefficient (Wildman–Crippen LogP) is 1.21. The van der Waals surface area contributed by atoms with Crippen LogP contribution < -0.4 is 10.7 Å². The van der Waals surface area contributed by atoms with Crippen LogP contribution >= 0.6 is 0 Å². The number of ether oxygens (including phenoxy) is 1. The molecule has 6 heteroatoms. The smallest absolute Gasteiger partial charge is 0.305 e. The number of H-pyrrole nitrogens is 1. The van der Waals surface area contributed by atoms with Crippen molar-refractivity contribution >= 4 is 22.8 Å². The summed E-state index contributed by atoms with van der Waals surface area (Å²) in [6, 6.07) is 8.27. The standard InChI is InChI=1S/C15H16N2O4/c1-21-14(19)7-4-8-16-15(20)12-9-13(18)10-5-2-3-6-11(10)17-12/h2-3,5-6,9H,4,7-8H2,1H3,(H,16,20)(H,17,18). The first kappa shape index (κ1) is 14.8. The maximum absolute atomic E-state index is 12.0. The van der Waals surface area contributed by atoms with Crippen LogP contribution in [0.4, 0.5) is 0 Å². The summed E-state index contributed by atoms with van der Waals surface area (Å²) in [5, 5.41) is 3.19. The van der Waals surface area contributed by atoms with E-state index in [1.54, 1.807) is 24.3 Å². The highest BCUT2D eigenvalue weighted by Gasteiger charge is 2.09. The lowest BCUT2D eigenvalue weighted by Crippen LogP contribution is -2.27. The Bertz CT molecular complexity index is 721. The number of hydrogen-bond donors (Lipinski definition) is 2. The highest BCUT2D eigenvalue weighted by molar-refractivity contribution is 5.94. The molecule has 0 fully saturated rings. The highest BCUT2D eigenvalue weighted by atomic mass is 16.5. The summed E-state index contributed by atoms with van der Waals surface area (Å²) in [6.07, 6.45) is 0.723. The van der Waals surface area contributed by atoms with E-state index in [0.717, 1.165) is 0 Å². The molecule has 21 heavy (non-hydrogen) atoms. The number of methoxy groups -OCH3 is 1. The Kier molecular flexibility index (Phi) is 4.71. The topological polar surface area (TPSA) is 88.3 Å². The Balaban J connectivity index is 2.03. The Morgan fingerprint density at radius 3 is 2.81 bits per heavy atom. The van der Waals surface area contributed by atoms with Crippen molar-refractivity contribution < 1.29 is 14.3 Å². The first-order chi connectivity index (χ1) is 10.1. The van der Waals surface area contributed by atoms with Gasteiger partial charge in [0.25, 0.3) is 5.91 Å². The van der Waals surface area contributed by atoms with Crippen molar-refractivity contribution in [3.63, 3.8) is 0 Å². The van der Waals surface area contributed by atoms with Gasteiger partial charge in [-0.2, -0.15) is 0 Å². The monoisotopic (exact) mass is 288 g/mol. The molecular formula is C15H16N2O4. The van der Waals surface area contributed by atoms with Crippen LogP contribution in [0.3, 0.4) is 0 Å². The summed E-state index contributed by atoms with van der Waals surface area (Å²) in [7, 11) is 1.32. The molecule has 0 radical (unpaired) electrons. The van der Waals surface area contributed by atoms with Gasteiger partial charge in [-0.25, -0.2) is 0 Å². The molecule has 0 unspecified atom stereocenters. The summed E-state index contributed by atoms with van der Waals surface area (Å²) in [5.74, 6) is -0.689. The van der Waals surface area contributed by atoms with Crippen molar-refractivity contribution in [1.82, 2.24) is 10.3 Å². The summed E-state index contributed by atoms with van der Waals surface area (Å²) in [6.45, 7) is 0.336. The molecule has 1 heterocycles. The number of benzene rings is 1. The van der Waals surface area contributed by atoms with Crippen LogP contribution in [-0.2, 0) is 9.53 Å². The fourth-order valence-electron chi connectivity index (χ4n) is 1.95. The van der Waals surface area contributed by atoms with Crippen LogP contribution in [0.15, 0.2) is 35.1 Å². The SMILES string of the molecule is COC(=O)CCCNC(=O)c1cc(=O)c2ccccc2[nH]1. The molecule has 0 aliphatic rings. The van der Waals surface area contributed by atoms with E-state index in [2.05, 4.69) is 15.0 Å². The second-order valence-electron chi connectivity index (χ2n) is 4.53. The van der Waals surface area contributed by atoms with Crippen molar-refractivity contribution in [1.29, 1.82) is 0 Å². The van der Waals surface area contributed by atoms with Gasteiger partial charge in [0.05, 0.1) is 7.11 Å². The fraction of sp³-hybridized carbons (Fsp3) is 0.267. The first-order valence-electron chi connectivity index (χ1n) is 6.59. The predicted molar refractivity (Wildman–Crippen MR) is 78.2 cm³/mol. The zero-order valence-corrected chi connectivity index (χ0v) is 11.6. The van der Waals surface area contributed by atoms with E-state index in [1.807, 2.05) is 0 Å². The van der Waals surface area contributed by atoms with E-state index in [4.69, 9.17) is 0 Å². The summed E-state index contributed by atoms with van der Waals surface area (Å²) < 4.78 is 4.51. The molecule has 0 bridgehead atoms. The van der Waals surface area contributed by atoms with Crippen LogP contribution in [0.25, 0.3) is 10.9 Å². The van der Waals surface area contributed by atoms with E-state index in [-0.39, 0.29) is 29.4 Å². The van der Waals surface area contributed by atoms with Crippen molar-refractivity contribution in [2.75, 3.05) is 13.7 Å². The number of esters is 1. The number of aromatic nitrogens is 1. The lowest BCUT2D eigenvalue weighted by atomic mass is 10.2. The lowest BCUT2D eigenvalue weighted by Gasteiger charge is -2.06. The van der Waals surface area contributed by atoms with Crippen molar-refractivity contribution in [3.05, 3.63) is 46.2 Å². The molecule has 0 atom stereocenters. The maximum Gasteiger partial charge on any atom is 0.305 e. The number of hydrogen-bond acceptors (Lipinski definition) is 4. The first-order valence-corrected chi connectivity index (χ1v) is 6.59. The molecule has 110 valence electrons. The fourth-order valence-corrected chi connectivity index (χ4v) is 1.95. The normalized spacial score (nSPS) is 10.3. The molecule has 2 rings (SSSR count). The number of rotatable bonds is 5. The summed E-state index contributed by atoms with van der Waals surface area (Å²) in [4.78, 5) is 37.7. The number of para-hydroxylation sites is 1. The van der Waals surface area contributed by atoms with Crippen LogP contribution in [-0.4, -0.2) is 30.5 Å². The van der Waals surface area contributed by atoms with Crippen LogP contribution in [0.5, 0.6) is 0 Å². The van der Waals surface area contributed by atoms with Crippen molar-refractivity contribution in [3.8, 4) is 0 Å². The average Bonchev–Trinajstić information content (AvgIpc) is 2.51. The number of carbonyl (C=O) groups is 2. The molecule has 2 N–H and O–H groups in total. The van der Waals surface area contributed by atoms with Gasteiger partial charge in [0, 0.05) is 29.9 Å². The molecular weight excluding hydrogens is 272 g/mol. The Morgan fingerprint density at radius 2 is 2.05 bits per heavy atom. The number of pyridine rings is 1. The Morgan fingerprint density at radius 1 is 1.29 bits per heavy atom. The van der Waals surface area contributed by atoms with Gasteiger partial charge in [-0.1, -0.05) is 12.1 Å². The zero-order chi connectivity index (χ0) is 15.2. The number of fused-ring (bicyclic) bond motifs is 1. The van der Waals surface area contributed by atoms with Gasteiger partial charge in [0.15, 0.2) is 5.43 Å². The van der Waals surface area contributed by atoms with Crippen LogP contribution in [0, 0.1) is 0 Å². The number of amides is 1. The minimum atomic E-state index is -0.372. The molecule has 0 aliphatic carbocycles. The van der Waals surface area contributed by atoms with Gasteiger partial charge in [0.1, 0.15) is 5.69 Å². The molecule has 0 spiro atoms. The van der Waals surface area contributed by atoms with E-state index in [0.29, 0.717) is 23.9 Å². The lowest BCUT2D eigenvalue weighted by molar-refractivity contribution is -0.140. The summed E-state index contributed by atoms with van der Waals surface area (Å²) in [5.41, 5.74) is 0.616. The quantitative estimate of drug-likeness (QED) is 0.639. The number of aromatic amines is 1. The molecule has 6 nitrogen and oxygen atoms in total. The molecule has 2 aromatic rings. The third-order valence-corrected chi connectivity index (χ3v) is 3.05. The van der Waals surface area contributed by atoms with Gasteiger partial charge in [-0.05, 0) is 18.6 Å². The number of nitrogens with one attached hydrogen (secondary N) is 2. The Labute approximate surface area is 121 Å². The summed E-state index contributed by atoms with van der Waals surface area (Å²) >= 11 is 0. The number of carbonyl (C=O) groups excluding carboxylic acids is 2. The second kappa shape index (κ2) is 6.69. The van der Waals surface area contributed by atoms with Gasteiger partial charge >= 0.3 is 5.97 Å². The van der Waals surface area contributed by atoms with Crippen LogP contribution in [0.1, 0.15) is 23.3 Å². The average molecular weight is 288 g/mol. The minimum Gasteiger partial charge on any atom is -0.469 e. The molecule has 1 amide bonds. The molecule has 0 aliphatic heterocycles. The highest BCUT2D eigenvalue weighted by Crippen LogP contribution is 2.07. The van der Waals surface area contributed by atoms with Crippen molar-refractivity contribution in [2.45, 2.75) is 12.8 Å². The van der Waals surface area contributed by atoms with E-state index in [1.165, 1.54) is 13.2 Å². The molecule has 0 saturated carbocycles. The maximum atomic E-state index is 12.0. The second-order valence-corrected chi connectivity index (χ2v) is 4.53. The van der Waals surface area contributed by atoms with E-state index < -0.39 is 0 Å². The third-order valence-electron chi connectivity index (χ3n) is 3.05. The van der Waals surface area contributed by atoms with Crippen LogP contribution in [0.2, 0.25) is 0 Å².